The maximum atomic E-state index is 11.0. The number of hydrogen-bond donors (Lipinski definition) is 6. The zero-order chi connectivity index (χ0) is 44.6. The number of aromatic hydroxyl groups is 3. The summed E-state index contributed by atoms with van der Waals surface area (Å²) in [6.07, 6.45) is 9.92. The molecule has 4 aromatic carbocycles. The number of aliphatic carboxylic acids is 2. The van der Waals surface area contributed by atoms with Crippen molar-refractivity contribution in [2.75, 3.05) is 46.9 Å². The smallest absolute Gasteiger partial charge is 0.303 e. The highest BCUT2D eigenvalue weighted by atomic mass is 16.5. The molecule has 0 amide bonds. The Bertz CT molecular complexity index is 2140. The third-order valence-corrected chi connectivity index (χ3v) is 11.8. The Morgan fingerprint density at radius 3 is 1.84 bits per heavy atom. The minimum absolute atomic E-state index is 0.114. The number of fused-ring (bicyclic) bond motifs is 1. The van der Waals surface area contributed by atoms with Crippen LogP contribution in [0, 0.1) is 6.92 Å². The van der Waals surface area contributed by atoms with Gasteiger partial charge in [0.05, 0.1) is 24.1 Å². The second kappa shape index (κ2) is 23.0. The number of aliphatic hydroxyl groups is 1. The Morgan fingerprint density at radius 2 is 1.27 bits per heavy atom. The van der Waals surface area contributed by atoms with Crippen LogP contribution in [-0.4, -0.2) is 109 Å². The molecule has 6 N–H and O–H groups in total. The molecule has 12 nitrogen and oxygen atoms in total. The van der Waals surface area contributed by atoms with Crippen molar-refractivity contribution in [3.8, 4) is 34.3 Å². The number of carboxylic acids is 2. The summed E-state index contributed by atoms with van der Waals surface area (Å²) in [5.74, 6) is -0.346. The largest absolute Gasteiger partial charge is 0.508 e. The zero-order valence-corrected chi connectivity index (χ0v) is 36.5. The van der Waals surface area contributed by atoms with E-state index in [2.05, 4.69) is 45.6 Å². The van der Waals surface area contributed by atoms with Crippen molar-refractivity contribution >= 4 is 22.8 Å². The van der Waals surface area contributed by atoms with Gasteiger partial charge in [0.1, 0.15) is 29.6 Å². The SMILES string of the molecule is CN(C)CC(c1ccc(O)cc1)C1(O)CCCCC1.Cc1c(-c2ccc(O)cc2)n(Cc2ccc(OCCN3CCCCCC3)cc2)c2ccc(O)cc12.O=C(O)CCC(=O)O. The number of aromatic nitrogens is 1. The second-order valence-corrected chi connectivity index (χ2v) is 16.9. The van der Waals surface area contributed by atoms with Crippen LogP contribution in [0.5, 0.6) is 23.0 Å². The van der Waals surface area contributed by atoms with Crippen LogP contribution in [0.3, 0.4) is 0 Å². The lowest BCUT2D eigenvalue weighted by Gasteiger charge is -2.40. The molecule has 1 unspecified atom stereocenters. The maximum Gasteiger partial charge on any atom is 0.303 e. The fourth-order valence-corrected chi connectivity index (χ4v) is 8.58. The number of benzene rings is 4. The molecule has 2 fully saturated rings. The van der Waals surface area contributed by atoms with E-state index in [9.17, 15) is 30.0 Å². The number of carboxylic acid groups (broad SMARTS) is 2. The minimum atomic E-state index is -1.08. The van der Waals surface area contributed by atoms with E-state index >= 15 is 0 Å². The van der Waals surface area contributed by atoms with Gasteiger partial charge in [-0.2, -0.15) is 0 Å². The van der Waals surface area contributed by atoms with Crippen molar-refractivity contribution in [1.29, 1.82) is 0 Å². The standard InChI is InChI=1S/C30H34N2O3.C16H25NO2.C4H6O4/c1-22-28-20-26(34)12-15-29(28)32(30(22)24-8-10-25(33)11-9-24)21-23-6-13-27(14-7-23)35-19-18-31-16-4-2-3-5-17-31;1-17(2)12-15(13-6-8-14(18)9-7-13)16(19)10-4-3-5-11-16;5-3(6)1-2-4(7)8/h6-15,20,33-34H,2-5,16-19,21H2,1H3;6-9,15,18-19H,3-5,10-12H2,1-2H3;1-2H2,(H,5,6)(H,7,8). The van der Waals surface area contributed by atoms with Crippen LogP contribution in [0.1, 0.15) is 93.2 Å². The number of nitrogens with zero attached hydrogens (tertiary/aromatic N) is 3. The molecule has 12 heteroatoms. The first kappa shape index (κ1) is 47.5. The van der Waals surface area contributed by atoms with Gasteiger partial charge in [0.25, 0.3) is 0 Å². The lowest BCUT2D eigenvalue weighted by molar-refractivity contribution is -0.143. The van der Waals surface area contributed by atoms with Gasteiger partial charge in [-0.1, -0.05) is 56.4 Å². The number of carbonyl (C=O) groups is 2. The highest BCUT2D eigenvalue weighted by Gasteiger charge is 2.38. The Balaban J connectivity index is 0.000000224. The number of likely N-dealkylation sites (N-methyl/N-ethyl adjacent to an activating group) is 1. The first-order valence-corrected chi connectivity index (χ1v) is 21.9. The van der Waals surface area contributed by atoms with Gasteiger partial charge in [0, 0.05) is 36.5 Å². The highest BCUT2D eigenvalue weighted by molar-refractivity contribution is 5.92. The van der Waals surface area contributed by atoms with Crippen molar-refractivity contribution in [3.63, 3.8) is 0 Å². The molecule has 334 valence electrons. The molecule has 1 saturated heterocycles. The van der Waals surface area contributed by atoms with Gasteiger partial charge in [0.2, 0.25) is 0 Å². The third kappa shape index (κ3) is 14.0. The van der Waals surface area contributed by atoms with Gasteiger partial charge in [0.15, 0.2) is 0 Å². The predicted octanol–water partition coefficient (Wildman–Crippen LogP) is 9.00. The number of phenolic OH excluding ortho intramolecular Hbond substituents is 3. The molecule has 2 aliphatic rings. The van der Waals surface area contributed by atoms with Gasteiger partial charge in [-0.15, -0.1) is 0 Å². The number of phenols is 3. The predicted molar refractivity (Wildman–Crippen MR) is 243 cm³/mol. The van der Waals surface area contributed by atoms with Gasteiger partial charge in [-0.3, -0.25) is 14.5 Å². The average molecular weight is 852 g/mol. The van der Waals surface area contributed by atoms with Gasteiger partial charge < -0.3 is 44.8 Å². The summed E-state index contributed by atoms with van der Waals surface area (Å²) in [7, 11) is 4.08. The van der Waals surface area contributed by atoms with Crippen LogP contribution >= 0.6 is 0 Å². The average Bonchev–Trinajstić information content (AvgIpc) is 3.37. The second-order valence-electron chi connectivity index (χ2n) is 16.9. The van der Waals surface area contributed by atoms with E-state index in [1.807, 2.05) is 50.5 Å². The van der Waals surface area contributed by atoms with E-state index < -0.39 is 17.5 Å². The van der Waals surface area contributed by atoms with Crippen molar-refractivity contribution in [3.05, 3.63) is 108 Å². The van der Waals surface area contributed by atoms with Crippen LogP contribution < -0.4 is 4.74 Å². The van der Waals surface area contributed by atoms with E-state index in [4.69, 9.17) is 14.9 Å². The van der Waals surface area contributed by atoms with Crippen LogP contribution in [0.25, 0.3) is 22.2 Å². The first-order valence-electron chi connectivity index (χ1n) is 21.9. The van der Waals surface area contributed by atoms with Gasteiger partial charge in [-0.05, 0) is 149 Å². The number of ether oxygens (including phenoxy) is 1. The summed E-state index contributed by atoms with van der Waals surface area (Å²) in [6, 6.07) is 28.5. The van der Waals surface area contributed by atoms with Gasteiger partial charge >= 0.3 is 11.9 Å². The number of aryl methyl sites for hydroxylation is 1. The first-order chi connectivity index (χ1) is 29.7. The highest BCUT2D eigenvalue weighted by Crippen LogP contribution is 2.41. The van der Waals surface area contributed by atoms with Gasteiger partial charge in [-0.25, -0.2) is 0 Å². The molecule has 0 spiro atoms. The zero-order valence-electron chi connectivity index (χ0n) is 36.5. The summed E-state index contributed by atoms with van der Waals surface area (Å²) >= 11 is 0. The third-order valence-electron chi connectivity index (χ3n) is 11.8. The van der Waals surface area contributed by atoms with E-state index in [1.165, 1.54) is 50.8 Å². The van der Waals surface area contributed by atoms with E-state index in [-0.39, 0.29) is 36.0 Å². The summed E-state index contributed by atoms with van der Waals surface area (Å²) in [5, 5.41) is 57.1. The minimum Gasteiger partial charge on any atom is -0.508 e. The summed E-state index contributed by atoms with van der Waals surface area (Å²) in [6.45, 7) is 7.69. The van der Waals surface area contributed by atoms with Crippen molar-refractivity contribution < 1.29 is 45.0 Å². The Labute approximate surface area is 365 Å². The lowest BCUT2D eigenvalue weighted by atomic mass is 9.72. The summed E-state index contributed by atoms with van der Waals surface area (Å²) in [4.78, 5) is 23.9. The molecule has 1 saturated carbocycles. The quantitative estimate of drug-likeness (QED) is 0.0629. The Morgan fingerprint density at radius 1 is 0.726 bits per heavy atom. The lowest BCUT2D eigenvalue weighted by Crippen LogP contribution is -2.42. The molecular weight excluding hydrogens is 787 g/mol. The molecule has 62 heavy (non-hydrogen) atoms. The molecular formula is C50H65N3O9. The molecule has 2 heterocycles. The van der Waals surface area contributed by atoms with Crippen LogP contribution in [0.4, 0.5) is 0 Å². The van der Waals surface area contributed by atoms with Crippen molar-refractivity contribution in [2.45, 2.75) is 95.6 Å². The molecule has 7 rings (SSSR count). The molecule has 0 radical (unpaired) electrons. The van der Waals surface area contributed by atoms with E-state index in [0.29, 0.717) is 6.54 Å². The Kier molecular flexibility index (Phi) is 17.7. The van der Waals surface area contributed by atoms with E-state index in [0.717, 1.165) is 84.4 Å². The van der Waals surface area contributed by atoms with Crippen LogP contribution in [0.2, 0.25) is 0 Å². The molecule has 1 aliphatic heterocycles. The van der Waals surface area contributed by atoms with Crippen LogP contribution in [-0.2, 0) is 16.1 Å². The van der Waals surface area contributed by atoms with Crippen LogP contribution in [0.15, 0.2) is 91.0 Å². The molecule has 5 aromatic rings. The fourth-order valence-electron chi connectivity index (χ4n) is 8.58. The number of hydrogen-bond acceptors (Lipinski definition) is 9. The number of rotatable bonds is 14. The number of likely N-dealkylation sites (tertiary alicyclic amines) is 1. The normalized spacial score (nSPS) is 15.7. The maximum absolute atomic E-state index is 11.0. The summed E-state index contributed by atoms with van der Waals surface area (Å²) in [5.41, 5.74) is 5.99. The fraction of sp³-hybridized carbons (Fsp3) is 0.440. The molecule has 0 bridgehead atoms. The Hall–Kier alpha value is -5.56. The molecule has 1 aliphatic carbocycles. The van der Waals surface area contributed by atoms with Crippen molar-refractivity contribution in [2.24, 2.45) is 0 Å². The monoisotopic (exact) mass is 851 g/mol. The molecule has 1 aromatic heterocycles. The summed E-state index contributed by atoms with van der Waals surface area (Å²) < 4.78 is 8.33. The van der Waals surface area contributed by atoms with E-state index in [1.54, 1.807) is 30.3 Å². The topological polar surface area (TPSA) is 176 Å². The van der Waals surface area contributed by atoms with Crippen molar-refractivity contribution in [1.82, 2.24) is 14.4 Å². The molecule has 1 atom stereocenters.